The quantitative estimate of drug-likeness (QED) is 0.668. The third kappa shape index (κ3) is 5.41. The number of nitriles is 1. The summed E-state index contributed by atoms with van der Waals surface area (Å²) < 4.78 is 5.21. The van der Waals surface area contributed by atoms with E-state index in [4.69, 9.17) is 16.3 Å². The molecule has 1 saturated carbocycles. The van der Waals surface area contributed by atoms with E-state index in [9.17, 15) is 15.2 Å². The summed E-state index contributed by atoms with van der Waals surface area (Å²) in [6.45, 7) is 0.304. The van der Waals surface area contributed by atoms with Crippen LogP contribution in [-0.2, 0) is 6.54 Å². The van der Waals surface area contributed by atoms with Gasteiger partial charge in [0.2, 0.25) is 0 Å². The van der Waals surface area contributed by atoms with Gasteiger partial charge in [0, 0.05) is 18.3 Å². The predicted octanol–water partition coefficient (Wildman–Crippen LogP) is 3.87. The minimum Gasteiger partial charge on any atom is -0.495 e. The number of nitrogens with zero attached hydrogens (tertiary/aromatic N) is 1. The minimum absolute atomic E-state index is 0.193. The molecule has 3 N–H and O–H groups in total. The Labute approximate surface area is 175 Å². The van der Waals surface area contributed by atoms with Crippen molar-refractivity contribution in [1.82, 2.24) is 5.32 Å². The number of amides is 1. The lowest BCUT2D eigenvalue weighted by atomic mass is 9.92. The third-order valence-corrected chi connectivity index (χ3v) is 5.43. The van der Waals surface area contributed by atoms with E-state index in [0.29, 0.717) is 34.1 Å². The second-order valence-corrected chi connectivity index (χ2v) is 7.58. The van der Waals surface area contributed by atoms with Crippen molar-refractivity contribution in [1.29, 1.82) is 5.26 Å². The molecule has 3 rings (SSSR count). The van der Waals surface area contributed by atoms with Crippen molar-refractivity contribution in [3.05, 3.63) is 58.1 Å². The van der Waals surface area contributed by atoms with Gasteiger partial charge in [0.1, 0.15) is 5.75 Å². The lowest BCUT2D eigenvalue weighted by molar-refractivity contribution is 0.0951. The Kier molecular flexibility index (Phi) is 6.97. The van der Waals surface area contributed by atoms with Gasteiger partial charge in [-0.3, -0.25) is 4.79 Å². The maximum Gasteiger partial charge on any atom is 0.253 e. The molecule has 1 aliphatic rings. The molecular formula is C22H24ClN3O3. The average molecular weight is 414 g/mol. The Bertz CT molecular complexity index is 918. The number of carbonyl (C=O) groups is 1. The number of ether oxygens (including phenoxy) is 1. The first-order chi connectivity index (χ1) is 14.0. The number of hydrogen-bond donors (Lipinski definition) is 3. The smallest absolute Gasteiger partial charge is 0.253 e. The van der Waals surface area contributed by atoms with Gasteiger partial charge < -0.3 is 20.5 Å². The normalized spacial score (nSPS) is 18.6. The zero-order valence-corrected chi connectivity index (χ0v) is 17.0. The Balaban J connectivity index is 1.73. The summed E-state index contributed by atoms with van der Waals surface area (Å²) in [7, 11) is 1.54. The number of rotatable bonds is 6. The highest BCUT2D eigenvalue weighted by atomic mass is 35.5. The molecule has 1 amide bonds. The van der Waals surface area contributed by atoms with Gasteiger partial charge in [-0.1, -0.05) is 17.7 Å². The number of aliphatic hydroxyl groups is 1. The van der Waals surface area contributed by atoms with Crippen LogP contribution in [0.25, 0.3) is 0 Å². The van der Waals surface area contributed by atoms with Crippen LogP contribution in [0.4, 0.5) is 5.69 Å². The summed E-state index contributed by atoms with van der Waals surface area (Å²) in [4.78, 5) is 12.9. The summed E-state index contributed by atoms with van der Waals surface area (Å²) in [5, 5.41) is 25.7. The number of methoxy groups -OCH3 is 1. The van der Waals surface area contributed by atoms with Crippen molar-refractivity contribution in [2.75, 3.05) is 12.4 Å². The Morgan fingerprint density at radius 3 is 2.69 bits per heavy atom. The first kappa shape index (κ1) is 21.0. The molecule has 29 heavy (non-hydrogen) atoms. The molecule has 0 spiro atoms. The first-order valence-electron chi connectivity index (χ1n) is 9.59. The molecule has 0 saturated heterocycles. The van der Waals surface area contributed by atoms with Gasteiger partial charge in [0.25, 0.3) is 5.91 Å². The number of hydrogen-bond acceptors (Lipinski definition) is 5. The van der Waals surface area contributed by atoms with Crippen molar-refractivity contribution in [2.45, 2.75) is 44.4 Å². The summed E-state index contributed by atoms with van der Waals surface area (Å²) in [6, 6.07) is 12.7. The van der Waals surface area contributed by atoms with E-state index in [2.05, 4.69) is 16.7 Å². The van der Waals surface area contributed by atoms with Crippen LogP contribution in [0, 0.1) is 11.3 Å². The second kappa shape index (κ2) is 9.64. The maximum atomic E-state index is 12.9. The first-order valence-corrected chi connectivity index (χ1v) is 9.97. The maximum absolute atomic E-state index is 12.9. The average Bonchev–Trinajstić information content (AvgIpc) is 2.74. The number of anilines is 1. The van der Waals surface area contributed by atoms with E-state index >= 15 is 0 Å². The van der Waals surface area contributed by atoms with Crippen molar-refractivity contribution in [3.63, 3.8) is 0 Å². The zero-order chi connectivity index (χ0) is 20.8. The highest BCUT2D eigenvalue weighted by Crippen LogP contribution is 2.26. The topological polar surface area (TPSA) is 94.4 Å². The number of carbonyl (C=O) groups excluding carboxylic acids is 1. The zero-order valence-electron chi connectivity index (χ0n) is 16.2. The summed E-state index contributed by atoms with van der Waals surface area (Å²) in [6.07, 6.45) is 2.93. The van der Waals surface area contributed by atoms with Crippen LogP contribution in [0.15, 0.2) is 36.4 Å². The molecular weight excluding hydrogens is 390 g/mol. The van der Waals surface area contributed by atoms with E-state index in [1.54, 1.807) is 37.4 Å². The molecule has 0 aromatic heterocycles. The molecule has 2 aromatic rings. The molecule has 1 fully saturated rings. The summed E-state index contributed by atoms with van der Waals surface area (Å²) in [5.41, 5.74) is 2.40. The van der Waals surface area contributed by atoms with Crippen LogP contribution >= 0.6 is 11.6 Å². The van der Waals surface area contributed by atoms with Gasteiger partial charge >= 0.3 is 0 Å². The van der Waals surface area contributed by atoms with Gasteiger partial charge in [-0.2, -0.15) is 5.26 Å². The molecule has 0 heterocycles. The SMILES string of the molecule is COc1cc(CNC(=O)c2cc(C#N)ccc2NC2CCC(O)CC2)ccc1Cl. The van der Waals surface area contributed by atoms with Crippen molar-refractivity contribution in [3.8, 4) is 11.8 Å². The van der Waals surface area contributed by atoms with Crippen LogP contribution in [0.2, 0.25) is 5.02 Å². The van der Waals surface area contributed by atoms with E-state index in [1.165, 1.54) is 0 Å². The molecule has 0 bridgehead atoms. The lowest BCUT2D eigenvalue weighted by Gasteiger charge is -2.27. The highest BCUT2D eigenvalue weighted by molar-refractivity contribution is 6.32. The fourth-order valence-corrected chi connectivity index (χ4v) is 3.65. The molecule has 6 nitrogen and oxygen atoms in total. The third-order valence-electron chi connectivity index (χ3n) is 5.12. The van der Waals surface area contributed by atoms with Crippen LogP contribution in [0.5, 0.6) is 5.75 Å². The van der Waals surface area contributed by atoms with Crippen molar-refractivity contribution >= 4 is 23.2 Å². The lowest BCUT2D eigenvalue weighted by Crippen LogP contribution is -2.30. The molecule has 2 aromatic carbocycles. The van der Waals surface area contributed by atoms with Gasteiger partial charge in [-0.25, -0.2) is 0 Å². The van der Waals surface area contributed by atoms with Crippen LogP contribution in [0.3, 0.4) is 0 Å². The highest BCUT2D eigenvalue weighted by Gasteiger charge is 2.21. The molecule has 0 radical (unpaired) electrons. The number of halogens is 1. The minimum atomic E-state index is -0.269. The van der Waals surface area contributed by atoms with Crippen LogP contribution < -0.4 is 15.4 Å². The number of nitrogens with one attached hydrogen (secondary N) is 2. The number of benzene rings is 2. The molecule has 1 aliphatic carbocycles. The summed E-state index contributed by atoms with van der Waals surface area (Å²) >= 11 is 6.04. The fourth-order valence-electron chi connectivity index (χ4n) is 3.46. The van der Waals surface area contributed by atoms with E-state index in [0.717, 1.165) is 31.2 Å². The molecule has 0 unspecified atom stereocenters. The number of aliphatic hydroxyl groups excluding tert-OH is 1. The van der Waals surface area contributed by atoms with Gasteiger partial charge in [-0.15, -0.1) is 0 Å². The van der Waals surface area contributed by atoms with Crippen molar-refractivity contribution in [2.24, 2.45) is 0 Å². The van der Waals surface area contributed by atoms with Crippen LogP contribution in [0.1, 0.15) is 47.2 Å². The second-order valence-electron chi connectivity index (χ2n) is 7.17. The van der Waals surface area contributed by atoms with Gasteiger partial charge in [0.15, 0.2) is 0 Å². The summed E-state index contributed by atoms with van der Waals surface area (Å²) in [5.74, 6) is 0.279. The Hall–Kier alpha value is -2.75. The Morgan fingerprint density at radius 1 is 1.24 bits per heavy atom. The Morgan fingerprint density at radius 2 is 2.00 bits per heavy atom. The fraction of sp³-hybridized carbons (Fsp3) is 0.364. The van der Waals surface area contributed by atoms with Crippen molar-refractivity contribution < 1.29 is 14.6 Å². The standard InChI is InChI=1S/C22H24ClN3O3/c1-29-21-11-15(2-8-19(21)23)13-25-22(28)18-10-14(12-24)3-9-20(18)26-16-4-6-17(27)7-5-16/h2-3,8-11,16-17,26-27H,4-7,13H2,1H3,(H,25,28). The van der Waals surface area contributed by atoms with Gasteiger partial charge in [0.05, 0.1) is 35.4 Å². The van der Waals surface area contributed by atoms with Gasteiger partial charge in [-0.05, 0) is 61.6 Å². The molecule has 0 aliphatic heterocycles. The molecule has 152 valence electrons. The van der Waals surface area contributed by atoms with E-state index in [1.807, 2.05) is 6.07 Å². The molecule has 0 atom stereocenters. The van der Waals surface area contributed by atoms with E-state index in [-0.39, 0.29) is 18.1 Å². The monoisotopic (exact) mass is 413 g/mol. The molecule has 7 heteroatoms. The van der Waals surface area contributed by atoms with E-state index < -0.39 is 0 Å². The predicted molar refractivity (Wildman–Crippen MR) is 112 cm³/mol. The van der Waals surface area contributed by atoms with Crippen LogP contribution in [-0.4, -0.2) is 30.3 Å². The largest absolute Gasteiger partial charge is 0.495 e.